The highest BCUT2D eigenvalue weighted by molar-refractivity contribution is 6.40. The highest BCUT2D eigenvalue weighted by Gasteiger charge is 1.98. The molecule has 1 N–H and O–H groups in total. The van der Waals surface area contributed by atoms with Crippen LogP contribution in [0, 0.1) is 0 Å². The van der Waals surface area contributed by atoms with E-state index in [1.165, 1.54) is 11.1 Å². The Labute approximate surface area is 199 Å². The molecule has 0 bridgehead atoms. The summed E-state index contributed by atoms with van der Waals surface area (Å²) in [5.41, 5.74) is 3.84. The van der Waals surface area contributed by atoms with E-state index in [4.69, 9.17) is 28.3 Å². The Balaban J connectivity index is 0.000000278. The first-order valence-corrected chi connectivity index (χ1v) is 10.5. The summed E-state index contributed by atoms with van der Waals surface area (Å²) in [7, 11) is 0. The van der Waals surface area contributed by atoms with Crippen LogP contribution in [0.2, 0.25) is 0 Å². The Morgan fingerprint density at radius 2 is 1.25 bits per heavy atom. The SMILES string of the molecule is C.ClCCl.O=Cc1cnn(Cc2ccccc2)c1.OCc1cnn(Cc2ccccc2)c1. The minimum atomic E-state index is 0. The predicted molar refractivity (Wildman–Crippen MR) is 130 cm³/mol. The number of alkyl halides is 2. The van der Waals surface area contributed by atoms with Crippen molar-refractivity contribution in [1.29, 1.82) is 0 Å². The van der Waals surface area contributed by atoms with Gasteiger partial charge in [0.25, 0.3) is 0 Å². The summed E-state index contributed by atoms with van der Waals surface area (Å²) in [4.78, 5) is 10.4. The average Bonchev–Trinajstić information content (AvgIpc) is 3.45. The van der Waals surface area contributed by atoms with E-state index in [-0.39, 0.29) is 19.4 Å². The molecule has 8 heteroatoms. The van der Waals surface area contributed by atoms with Gasteiger partial charge in [-0.25, -0.2) is 0 Å². The van der Waals surface area contributed by atoms with Gasteiger partial charge in [-0.1, -0.05) is 68.1 Å². The quantitative estimate of drug-likeness (QED) is 0.306. The number of hydrogen-bond acceptors (Lipinski definition) is 4. The zero-order chi connectivity index (χ0) is 22.3. The lowest BCUT2D eigenvalue weighted by Gasteiger charge is -2.00. The maximum atomic E-state index is 10.4. The Kier molecular flexibility index (Phi) is 13.4. The van der Waals surface area contributed by atoms with E-state index in [2.05, 4.69) is 22.3 Å². The summed E-state index contributed by atoms with van der Waals surface area (Å²) in [6.45, 7) is 1.50. The van der Waals surface area contributed by atoms with Gasteiger partial charge in [0.05, 0.1) is 43.0 Å². The van der Waals surface area contributed by atoms with E-state index in [1.54, 1.807) is 23.3 Å². The molecule has 0 fully saturated rings. The molecule has 0 amide bonds. The molecule has 0 aliphatic heterocycles. The highest BCUT2D eigenvalue weighted by Crippen LogP contribution is 2.04. The van der Waals surface area contributed by atoms with Crippen LogP contribution < -0.4 is 0 Å². The minimum Gasteiger partial charge on any atom is -0.392 e. The summed E-state index contributed by atoms with van der Waals surface area (Å²) in [6.07, 6.45) is 7.64. The molecule has 0 saturated carbocycles. The first-order chi connectivity index (χ1) is 15.2. The van der Waals surface area contributed by atoms with Crippen molar-refractivity contribution in [2.24, 2.45) is 0 Å². The van der Waals surface area contributed by atoms with E-state index in [0.717, 1.165) is 18.4 Å². The number of rotatable bonds is 6. The fourth-order valence-corrected chi connectivity index (χ4v) is 2.64. The van der Waals surface area contributed by atoms with Crippen molar-refractivity contribution in [3.05, 3.63) is 108 Å². The van der Waals surface area contributed by atoms with Crippen molar-refractivity contribution < 1.29 is 9.90 Å². The van der Waals surface area contributed by atoms with Crippen molar-refractivity contribution in [3.8, 4) is 0 Å². The molecule has 6 nitrogen and oxygen atoms in total. The first kappa shape index (κ1) is 27.1. The van der Waals surface area contributed by atoms with E-state index in [0.29, 0.717) is 12.1 Å². The van der Waals surface area contributed by atoms with Crippen LogP contribution in [0.3, 0.4) is 0 Å². The maximum absolute atomic E-state index is 10.4. The lowest BCUT2D eigenvalue weighted by atomic mass is 10.2. The molecule has 0 radical (unpaired) electrons. The molecule has 32 heavy (non-hydrogen) atoms. The van der Waals surface area contributed by atoms with Crippen molar-refractivity contribution >= 4 is 29.5 Å². The van der Waals surface area contributed by atoms with Crippen molar-refractivity contribution in [3.63, 3.8) is 0 Å². The lowest BCUT2D eigenvalue weighted by Crippen LogP contribution is -1.99. The van der Waals surface area contributed by atoms with Gasteiger partial charge < -0.3 is 5.11 Å². The Hall–Kier alpha value is -2.93. The Bertz CT molecular complexity index is 1010. The molecule has 4 rings (SSSR count). The van der Waals surface area contributed by atoms with Crippen LogP contribution in [0.15, 0.2) is 85.5 Å². The number of aldehydes is 1. The molecule has 0 atom stereocenters. The molecular weight excluding hydrogens is 447 g/mol. The largest absolute Gasteiger partial charge is 0.392 e. The van der Waals surface area contributed by atoms with Crippen LogP contribution in [0.4, 0.5) is 0 Å². The molecule has 0 spiro atoms. The zero-order valence-electron chi connectivity index (χ0n) is 16.9. The zero-order valence-corrected chi connectivity index (χ0v) is 18.4. The summed E-state index contributed by atoms with van der Waals surface area (Å²) < 4.78 is 3.57. The number of aliphatic hydroxyl groups is 1. The fourth-order valence-electron chi connectivity index (χ4n) is 2.64. The Morgan fingerprint density at radius 1 is 0.781 bits per heavy atom. The molecule has 0 saturated heterocycles. The normalized spacial score (nSPS) is 9.47. The maximum Gasteiger partial charge on any atom is 0.153 e. The van der Waals surface area contributed by atoms with Crippen molar-refractivity contribution in [2.45, 2.75) is 27.1 Å². The van der Waals surface area contributed by atoms with Gasteiger partial charge in [0.15, 0.2) is 6.29 Å². The second-order valence-electron chi connectivity index (χ2n) is 6.37. The molecule has 0 aliphatic carbocycles. The van der Waals surface area contributed by atoms with Crippen LogP contribution in [0.25, 0.3) is 0 Å². The number of benzene rings is 2. The van der Waals surface area contributed by atoms with Gasteiger partial charge in [0.1, 0.15) is 0 Å². The Morgan fingerprint density at radius 3 is 1.66 bits per heavy atom. The second-order valence-corrected chi connectivity index (χ2v) is 7.17. The minimum absolute atomic E-state index is 0. The number of aromatic nitrogens is 4. The van der Waals surface area contributed by atoms with E-state index >= 15 is 0 Å². The molecule has 2 aromatic carbocycles. The molecule has 0 unspecified atom stereocenters. The second kappa shape index (κ2) is 15.8. The number of aliphatic hydroxyl groups excluding tert-OH is 1. The summed E-state index contributed by atoms with van der Waals surface area (Å²) in [6, 6.07) is 20.1. The van der Waals surface area contributed by atoms with E-state index in [1.807, 2.05) is 59.4 Å². The topological polar surface area (TPSA) is 72.9 Å². The van der Waals surface area contributed by atoms with Gasteiger partial charge in [0.2, 0.25) is 0 Å². The fraction of sp³-hybridized carbons (Fsp3) is 0.208. The van der Waals surface area contributed by atoms with Crippen LogP contribution in [0.1, 0.15) is 34.5 Å². The number of carbonyl (C=O) groups excluding carboxylic acids is 1. The molecule has 170 valence electrons. The van der Waals surface area contributed by atoms with Crippen LogP contribution >= 0.6 is 23.2 Å². The number of halogens is 2. The average molecular weight is 475 g/mol. The van der Waals surface area contributed by atoms with Gasteiger partial charge in [0, 0.05) is 18.0 Å². The first-order valence-electron chi connectivity index (χ1n) is 9.48. The smallest absolute Gasteiger partial charge is 0.153 e. The van der Waals surface area contributed by atoms with Gasteiger partial charge in [-0.05, 0) is 11.1 Å². The van der Waals surface area contributed by atoms with Crippen molar-refractivity contribution in [2.75, 3.05) is 5.34 Å². The lowest BCUT2D eigenvalue weighted by molar-refractivity contribution is 0.112. The number of hydrogen-bond donors (Lipinski definition) is 1. The number of carbonyl (C=O) groups is 1. The molecular formula is C24H28Cl2N4O2. The number of nitrogens with zero attached hydrogens (tertiary/aromatic N) is 4. The van der Waals surface area contributed by atoms with Gasteiger partial charge >= 0.3 is 0 Å². The predicted octanol–water partition coefficient (Wildman–Crippen LogP) is 5.23. The van der Waals surface area contributed by atoms with Gasteiger partial charge in [-0.15, -0.1) is 23.2 Å². The summed E-state index contributed by atoms with van der Waals surface area (Å²) >= 11 is 9.53. The van der Waals surface area contributed by atoms with Crippen LogP contribution in [-0.2, 0) is 19.7 Å². The standard InChI is InChI=1S/C11H12N2O.C11H10N2O.CH2Cl2.CH4/c2*14-9-11-6-12-13(8-11)7-10-4-2-1-3-5-10;2-1-3;/h1-6,8,14H,7,9H2;1-6,8-9H,7H2;1H2;1H4. The van der Waals surface area contributed by atoms with E-state index in [9.17, 15) is 4.79 Å². The summed E-state index contributed by atoms with van der Waals surface area (Å²) in [5, 5.41) is 17.3. The molecule has 2 heterocycles. The van der Waals surface area contributed by atoms with Gasteiger partial charge in [-0.3, -0.25) is 14.2 Å². The third-order valence-corrected chi connectivity index (χ3v) is 4.03. The molecule has 2 aromatic heterocycles. The third kappa shape index (κ3) is 9.92. The highest BCUT2D eigenvalue weighted by atomic mass is 35.5. The van der Waals surface area contributed by atoms with Gasteiger partial charge in [-0.2, -0.15) is 10.2 Å². The third-order valence-electron chi connectivity index (χ3n) is 4.03. The van der Waals surface area contributed by atoms with Crippen molar-refractivity contribution in [1.82, 2.24) is 19.6 Å². The molecule has 4 aromatic rings. The molecule has 0 aliphatic rings. The van der Waals surface area contributed by atoms with Crippen LogP contribution in [0.5, 0.6) is 0 Å². The van der Waals surface area contributed by atoms with Crippen LogP contribution in [-0.4, -0.2) is 36.3 Å². The van der Waals surface area contributed by atoms with E-state index < -0.39 is 0 Å². The monoisotopic (exact) mass is 474 g/mol. The summed E-state index contributed by atoms with van der Waals surface area (Å²) in [5.74, 6) is 0.